The van der Waals surface area contributed by atoms with E-state index in [-0.39, 0.29) is 18.0 Å². The third kappa shape index (κ3) is 4.74. The van der Waals surface area contributed by atoms with Gasteiger partial charge in [-0.05, 0) is 53.7 Å². The van der Waals surface area contributed by atoms with Gasteiger partial charge in [-0.2, -0.15) is 0 Å². The van der Waals surface area contributed by atoms with E-state index in [0.29, 0.717) is 16.6 Å². The molecule has 0 spiro atoms. The number of allylic oxidation sites excluding steroid dienone is 1. The van der Waals surface area contributed by atoms with Crippen LogP contribution in [0.2, 0.25) is 0 Å². The van der Waals surface area contributed by atoms with Crippen LogP contribution in [0.3, 0.4) is 0 Å². The Hall–Kier alpha value is -4.36. The Morgan fingerprint density at radius 3 is 2.44 bits per heavy atom. The fraction of sp³-hybridized carbons (Fsp3) is 0.0690. The number of rotatable bonds is 7. The summed E-state index contributed by atoms with van der Waals surface area (Å²) in [4.78, 5) is 31.8. The van der Waals surface area contributed by atoms with Gasteiger partial charge in [-0.1, -0.05) is 54.6 Å². The number of para-hydroxylation sites is 2. The van der Waals surface area contributed by atoms with E-state index in [4.69, 9.17) is 4.99 Å². The average molecular weight is 494 g/mol. The normalized spacial score (nSPS) is 15.8. The number of benzene rings is 3. The van der Waals surface area contributed by atoms with Gasteiger partial charge in [0.05, 0.1) is 22.7 Å². The molecule has 178 valence electrons. The maximum atomic E-state index is 13.6. The van der Waals surface area contributed by atoms with E-state index in [9.17, 15) is 14.7 Å². The third-order valence-electron chi connectivity index (χ3n) is 5.84. The number of amides is 1. The Balaban J connectivity index is 1.53. The minimum absolute atomic E-state index is 0.141. The van der Waals surface area contributed by atoms with Gasteiger partial charge in [0.25, 0.3) is 5.91 Å². The lowest BCUT2D eigenvalue weighted by Crippen LogP contribution is -2.28. The van der Waals surface area contributed by atoms with Crippen LogP contribution in [0.4, 0.5) is 5.69 Å². The summed E-state index contributed by atoms with van der Waals surface area (Å²) in [6, 6.07) is 24.1. The second-order valence-corrected chi connectivity index (χ2v) is 9.29. The molecule has 1 N–H and O–H groups in total. The van der Waals surface area contributed by atoms with Crippen molar-refractivity contribution in [3.05, 3.63) is 119 Å². The average Bonchev–Trinajstić information content (AvgIpc) is 3.38. The molecule has 36 heavy (non-hydrogen) atoms. The molecule has 0 aliphatic carbocycles. The molecule has 1 aromatic heterocycles. The number of hydrogen-bond acceptors (Lipinski definition) is 4. The fourth-order valence-electron chi connectivity index (χ4n) is 4.10. The van der Waals surface area contributed by atoms with Crippen LogP contribution >= 0.6 is 11.8 Å². The van der Waals surface area contributed by atoms with Crippen LogP contribution < -0.4 is 0 Å². The molecule has 0 radical (unpaired) electrons. The maximum Gasteiger partial charge on any atom is 0.335 e. The van der Waals surface area contributed by atoms with Crippen molar-refractivity contribution in [3.63, 3.8) is 0 Å². The fourth-order valence-corrected chi connectivity index (χ4v) is 5.09. The number of thioether (sulfide) groups is 1. The number of amidine groups is 1. The van der Waals surface area contributed by atoms with Crippen molar-refractivity contribution in [3.8, 4) is 0 Å². The Kier molecular flexibility index (Phi) is 6.56. The molecule has 2 heterocycles. The van der Waals surface area contributed by atoms with Crippen LogP contribution in [0, 0.1) is 0 Å². The molecule has 3 aromatic carbocycles. The lowest BCUT2D eigenvalue weighted by Gasteiger charge is -2.16. The van der Waals surface area contributed by atoms with Crippen molar-refractivity contribution < 1.29 is 14.7 Å². The van der Waals surface area contributed by atoms with Crippen LogP contribution in [-0.2, 0) is 17.9 Å². The summed E-state index contributed by atoms with van der Waals surface area (Å²) in [7, 11) is 0. The summed E-state index contributed by atoms with van der Waals surface area (Å²) in [6.45, 7) is 4.81. The third-order valence-corrected chi connectivity index (χ3v) is 6.85. The smallest absolute Gasteiger partial charge is 0.335 e. The van der Waals surface area contributed by atoms with E-state index in [1.807, 2.05) is 66.9 Å². The number of aromatic carboxylic acids is 1. The number of aromatic nitrogens is 1. The van der Waals surface area contributed by atoms with Crippen molar-refractivity contribution in [2.24, 2.45) is 4.99 Å². The summed E-state index contributed by atoms with van der Waals surface area (Å²) < 4.78 is 2.11. The van der Waals surface area contributed by atoms with Gasteiger partial charge in [0, 0.05) is 29.2 Å². The first-order valence-electron chi connectivity index (χ1n) is 11.4. The zero-order valence-corrected chi connectivity index (χ0v) is 20.2. The van der Waals surface area contributed by atoms with Crippen molar-refractivity contribution in [2.75, 3.05) is 0 Å². The molecule has 0 bridgehead atoms. The second-order valence-electron chi connectivity index (χ2n) is 8.28. The van der Waals surface area contributed by atoms with E-state index in [1.54, 1.807) is 29.2 Å². The van der Waals surface area contributed by atoms with Gasteiger partial charge in [0.1, 0.15) is 0 Å². The molecule has 1 aliphatic heterocycles. The number of hydrogen-bond donors (Lipinski definition) is 1. The van der Waals surface area contributed by atoms with E-state index < -0.39 is 5.97 Å². The molecule has 1 saturated heterocycles. The predicted octanol–water partition coefficient (Wildman–Crippen LogP) is 6.33. The lowest BCUT2D eigenvalue weighted by atomic mass is 10.1. The quantitative estimate of drug-likeness (QED) is 0.241. The summed E-state index contributed by atoms with van der Waals surface area (Å²) >= 11 is 1.34. The van der Waals surface area contributed by atoms with Crippen molar-refractivity contribution in [1.29, 1.82) is 0 Å². The van der Waals surface area contributed by atoms with Gasteiger partial charge in [0.15, 0.2) is 5.17 Å². The Bertz CT molecular complexity index is 1520. The van der Waals surface area contributed by atoms with E-state index >= 15 is 0 Å². The molecule has 0 unspecified atom stereocenters. The van der Waals surface area contributed by atoms with E-state index in [1.165, 1.54) is 11.8 Å². The number of nitrogens with zero attached hydrogens (tertiary/aromatic N) is 3. The highest BCUT2D eigenvalue weighted by molar-refractivity contribution is 8.18. The van der Waals surface area contributed by atoms with Crippen molar-refractivity contribution in [1.82, 2.24) is 9.47 Å². The highest BCUT2D eigenvalue weighted by Crippen LogP contribution is 2.36. The van der Waals surface area contributed by atoms with Gasteiger partial charge in [-0.15, -0.1) is 6.58 Å². The van der Waals surface area contributed by atoms with Crippen LogP contribution in [0.15, 0.2) is 108 Å². The first-order valence-corrected chi connectivity index (χ1v) is 12.2. The van der Waals surface area contributed by atoms with Crippen molar-refractivity contribution in [2.45, 2.75) is 13.1 Å². The van der Waals surface area contributed by atoms with Gasteiger partial charge in [0.2, 0.25) is 0 Å². The molecule has 1 aliphatic rings. The molecular weight excluding hydrogens is 470 g/mol. The Morgan fingerprint density at radius 1 is 1.00 bits per heavy atom. The zero-order chi connectivity index (χ0) is 25.1. The van der Waals surface area contributed by atoms with Crippen LogP contribution in [0.25, 0.3) is 17.0 Å². The monoisotopic (exact) mass is 493 g/mol. The SMILES string of the molecule is C=CCn1cc(C=C2SC(=Nc3ccccc3)N(Cc3ccc(C(=O)O)cc3)C2=O)c2ccccc21. The molecule has 0 atom stereocenters. The summed E-state index contributed by atoms with van der Waals surface area (Å²) in [5.41, 5.74) is 3.81. The Morgan fingerprint density at radius 2 is 1.72 bits per heavy atom. The van der Waals surface area contributed by atoms with Gasteiger partial charge < -0.3 is 9.67 Å². The first kappa shape index (κ1) is 23.4. The molecule has 5 rings (SSSR count). The second kappa shape index (κ2) is 10.1. The van der Waals surface area contributed by atoms with Crippen LogP contribution in [0.1, 0.15) is 21.5 Å². The van der Waals surface area contributed by atoms with Gasteiger partial charge >= 0.3 is 5.97 Å². The molecule has 0 saturated carbocycles. The highest BCUT2D eigenvalue weighted by Gasteiger charge is 2.33. The summed E-state index contributed by atoms with van der Waals surface area (Å²) in [5, 5.41) is 10.8. The molecule has 6 nitrogen and oxygen atoms in total. The molecule has 4 aromatic rings. The number of carboxylic acids is 1. The van der Waals surface area contributed by atoms with Crippen LogP contribution in [0.5, 0.6) is 0 Å². The highest BCUT2D eigenvalue weighted by atomic mass is 32.2. The summed E-state index contributed by atoms with van der Waals surface area (Å²) in [5.74, 6) is -1.13. The van der Waals surface area contributed by atoms with Crippen LogP contribution in [-0.4, -0.2) is 31.6 Å². The number of fused-ring (bicyclic) bond motifs is 1. The van der Waals surface area contributed by atoms with Gasteiger partial charge in [-0.3, -0.25) is 9.69 Å². The van der Waals surface area contributed by atoms with E-state index in [0.717, 1.165) is 27.7 Å². The molecule has 1 fully saturated rings. The minimum atomic E-state index is -0.985. The number of carbonyl (C=O) groups is 2. The van der Waals surface area contributed by atoms with Crippen molar-refractivity contribution >= 4 is 51.5 Å². The number of aliphatic imine (C=N–C) groups is 1. The zero-order valence-electron chi connectivity index (χ0n) is 19.4. The van der Waals surface area contributed by atoms with E-state index in [2.05, 4.69) is 17.2 Å². The molecule has 7 heteroatoms. The Labute approximate surface area is 212 Å². The molecule has 1 amide bonds. The summed E-state index contributed by atoms with van der Waals surface area (Å²) in [6.07, 6.45) is 5.80. The topological polar surface area (TPSA) is 74.9 Å². The predicted molar refractivity (Wildman–Crippen MR) is 145 cm³/mol. The lowest BCUT2D eigenvalue weighted by molar-refractivity contribution is -0.122. The first-order chi connectivity index (χ1) is 17.5. The standard InChI is InChI=1S/C29H23N3O3S/c1-2-16-31-19-22(24-10-6-7-11-25(24)31)17-26-27(33)32(18-20-12-14-21(15-13-20)28(34)35)29(36-26)30-23-8-4-3-5-9-23/h2-15,17,19H,1,16,18H2,(H,34,35). The maximum absolute atomic E-state index is 13.6. The van der Waals surface area contributed by atoms with Gasteiger partial charge in [-0.25, -0.2) is 9.79 Å². The molecular formula is C29H23N3O3S. The number of carbonyl (C=O) groups excluding carboxylic acids is 1. The number of carboxylic acid groups (broad SMARTS) is 1. The minimum Gasteiger partial charge on any atom is -0.478 e. The largest absolute Gasteiger partial charge is 0.478 e.